The lowest BCUT2D eigenvalue weighted by Crippen LogP contribution is -2.41. The second-order valence-corrected chi connectivity index (χ2v) is 7.41. The number of rotatable bonds is 3. The summed E-state index contributed by atoms with van der Waals surface area (Å²) < 4.78 is 26.3. The van der Waals surface area contributed by atoms with Gasteiger partial charge in [-0.3, -0.25) is 0 Å². The average Bonchev–Trinajstić information content (AvgIpc) is 2.05. The van der Waals surface area contributed by atoms with E-state index in [1.54, 1.807) is 32.9 Å². The van der Waals surface area contributed by atoms with Gasteiger partial charge in [0.2, 0.25) is 10.0 Å². The molecule has 3 nitrogen and oxygen atoms in total. The Labute approximate surface area is 112 Å². The lowest BCUT2D eigenvalue weighted by molar-refractivity contribution is 0.491. The molecule has 0 saturated carbocycles. The van der Waals surface area contributed by atoms with Crippen molar-refractivity contribution in [2.75, 3.05) is 0 Å². The van der Waals surface area contributed by atoms with Gasteiger partial charge >= 0.3 is 0 Å². The van der Waals surface area contributed by atoms with Gasteiger partial charge in [-0.25, -0.2) is 13.1 Å². The molecular weight excluding hydrogens is 281 g/mol. The summed E-state index contributed by atoms with van der Waals surface area (Å²) in [4.78, 5) is 0. The minimum absolute atomic E-state index is 0.153. The van der Waals surface area contributed by atoms with E-state index in [9.17, 15) is 8.42 Å². The number of hydrogen-bond acceptors (Lipinski definition) is 2. The van der Waals surface area contributed by atoms with Crippen molar-refractivity contribution in [2.24, 2.45) is 0 Å². The lowest BCUT2D eigenvalue weighted by atomic mass is 10.1. The van der Waals surface area contributed by atoms with Gasteiger partial charge < -0.3 is 0 Å². The molecule has 1 aromatic carbocycles. The molecule has 96 valence electrons. The van der Waals surface area contributed by atoms with Gasteiger partial charge in [-0.2, -0.15) is 0 Å². The zero-order valence-electron chi connectivity index (χ0n) is 9.92. The standard InChI is InChI=1S/C11H15Cl2NO2S/c1-11(2,3)14-17(15,16)7-8-4-5-9(12)6-10(8)13/h4-6,14H,7H2,1-3H3. The highest BCUT2D eigenvalue weighted by Gasteiger charge is 2.21. The van der Waals surface area contributed by atoms with Crippen LogP contribution in [0, 0.1) is 0 Å². The molecule has 0 aliphatic carbocycles. The van der Waals surface area contributed by atoms with Gasteiger partial charge in [-0.1, -0.05) is 29.3 Å². The molecule has 0 bridgehead atoms. The van der Waals surface area contributed by atoms with Gasteiger partial charge in [0.05, 0.1) is 5.75 Å². The highest BCUT2D eigenvalue weighted by molar-refractivity contribution is 7.88. The maximum Gasteiger partial charge on any atom is 0.216 e. The molecule has 17 heavy (non-hydrogen) atoms. The number of nitrogens with one attached hydrogen (secondary N) is 1. The summed E-state index contributed by atoms with van der Waals surface area (Å²) in [5.41, 5.74) is 0.0328. The first kappa shape index (κ1) is 14.8. The highest BCUT2D eigenvalue weighted by atomic mass is 35.5. The molecule has 0 aliphatic heterocycles. The quantitative estimate of drug-likeness (QED) is 0.931. The van der Waals surface area contributed by atoms with Crippen LogP contribution in [-0.4, -0.2) is 14.0 Å². The Balaban J connectivity index is 2.91. The average molecular weight is 296 g/mol. The van der Waals surface area contributed by atoms with Crippen molar-refractivity contribution in [3.8, 4) is 0 Å². The molecule has 1 N–H and O–H groups in total. The smallest absolute Gasteiger partial charge is 0.212 e. The van der Waals surface area contributed by atoms with Gasteiger partial charge in [0.1, 0.15) is 0 Å². The summed E-state index contributed by atoms with van der Waals surface area (Å²) in [5.74, 6) is -0.153. The van der Waals surface area contributed by atoms with E-state index in [1.165, 1.54) is 6.07 Å². The summed E-state index contributed by atoms with van der Waals surface area (Å²) in [7, 11) is -3.41. The minimum atomic E-state index is -3.41. The fourth-order valence-electron chi connectivity index (χ4n) is 1.35. The third kappa shape index (κ3) is 5.25. The van der Waals surface area contributed by atoms with E-state index in [-0.39, 0.29) is 5.75 Å². The summed E-state index contributed by atoms with van der Waals surface area (Å²) >= 11 is 11.7. The Bertz CT molecular complexity index is 507. The van der Waals surface area contributed by atoms with Crippen LogP contribution in [0.2, 0.25) is 10.0 Å². The maximum absolute atomic E-state index is 11.8. The van der Waals surface area contributed by atoms with Gasteiger partial charge in [-0.15, -0.1) is 0 Å². The van der Waals surface area contributed by atoms with E-state index in [0.717, 1.165) is 0 Å². The predicted molar refractivity (Wildman–Crippen MR) is 72.0 cm³/mol. The monoisotopic (exact) mass is 295 g/mol. The first-order chi connectivity index (χ1) is 7.59. The highest BCUT2D eigenvalue weighted by Crippen LogP contribution is 2.22. The number of benzene rings is 1. The third-order valence-electron chi connectivity index (χ3n) is 1.82. The van der Waals surface area contributed by atoms with Crippen molar-refractivity contribution in [3.63, 3.8) is 0 Å². The normalized spacial score (nSPS) is 12.8. The molecule has 0 radical (unpaired) electrons. The molecule has 0 atom stereocenters. The Kier molecular flexibility index (Phi) is 4.47. The summed E-state index contributed by atoms with van der Waals surface area (Å²) in [5, 5.41) is 0.844. The van der Waals surface area contributed by atoms with Gasteiger partial charge in [-0.05, 0) is 38.5 Å². The molecule has 0 amide bonds. The SMILES string of the molecule is CC(C)(C)NS(=O)(=O)Cc1ccc(Cl)cc1Cl. The summed E-state index contributed by atoms with van der Waals surface area (Å²) in [6.45, 7) is 5.36. The van der Waals surface area contributed by atoms with Crippen molar-refractivity contribution >= 4 is 33.2 Å². The van der Waals surface area contributed by atoms with Crippen molar-refractivity contribution in [1.29, 1.82) is 0 Å². The van der Waals surface area contributed by atoms with Gasteiger partial charge in [0.15, 0.2) is 0 Å². The largest absolute Gasteiger partial charge is 0.216 e. The number of hydrogen-bond donors (Lipinski definition) is 1. The lowest BCUT2D eigenvalue weighted by Gasteiger charge is -2.20. The zero-order valence-corrected chi connectivity index (χ0v) is 12.2. The fraction of sp³-hybridized carbons (Fsp3) is 0.455. The van der Waals surface area contributed by atoms with Gasteiger partial charge in [0.25, 0.3) is 0 Å². The number of halogens is 2. The molecular formula is C11H15Cl2NO2S. The van der Waals surface area contributed by atoms with Crippen LogP contribution in [0.25, 0.3) is 0 Å². The van der Waals surface area contributed by atoms with E-state index >= 15 is 0 Å². The van der Waals surface area contributed by atoms with Crippen LogP contribution in [0.3, 0.4) is 0 Å². The molecule has 0 aromatic heterocycles. The molecule has 0 saturated heterocycles. The second-order valence-electron chi connectivity index (χ2n) is 4.85. The molecule has 0 aliphatic rings. The van der Waals surface area contributed by atoms with E-state index in [2.05, 4.69) is 4.72 Å². The van der Waals surface area contributed by atoms with Crippen molar-refractivity contribution in [3.05, 3.63) is 33.8 Å². The fourth-order valence-corrected chi connectivity index (χ4v) is 3.57. The van der Waals surface area contributed by atoms with E-state index in [4.69, 9.17) is 23.2 Å². The van der Waals surface area contributed by atoms with E-state index < -0.39 is 15.6 Å². The molecule has 0 spiro atoms. The Morgan fingerprint density at radius 3 is 2.29 bits per heavy atom. The molecule has 0 fully saturated rings. The molecule has 1 rings (SSSR count). The first-order valence-corrected chi connectivity index (χ1v) is 7.45. The molecule has 0 heterocycles. The first-order valence-electron chi connectivity index (χ1n) is 5.05. The van der Waals surface area contributed by atoms with E-state index in [0.29, 0.717) is 15.6 Å². The van der Waals surface area contributed by atoms with Crippen LogP contribution in [0.1, 0.15) is 26.3 Å². The predicted octanol–water partition coefficient (Wildman–Crippen LogP) is 3.21. The van der Waals surface area contributed by atoms with Crippen molar-refractivity contribution in [1.82, 2.24) is 4.72 Å². The number of sulfonamides is 1. The van der Waals surface area contributed by atoms with Crippen LogP contribution < -0.4 is 4.72 Å². The Morgan fingerprint density at radius 2 is 1.82 bits per heavy atom. The minimum Gasteiger partial charge on any atom is -0.212 e. The van der Waals surface area contributed by atoms with E-state index in [1.807, 2.05) is 0 Å². The van der Waals surface area contributed by atoms with Crippen LogP contribution in [0.4, 0.5) is 0 Å². The Hall–Kier alpha value is -0.290. The zero-order chi connectivity index (χ0) is 13.3. The summed E-state index contributed by atoms with van der Waals surface area (Å²) in [6, 6.07) is 4.77. The van der Waals surface area contributed by atoms with Crippen molar-refractivity contribution < 1.29 is 8.42 Å². The maximum atomic E-state index is 11.8. The van der Waals surface area contributed by atoms with Crippen LogP contribution >= 0.6 is 23.2 Å². The Morgan fingerprint density at radius 1 is 1.24 bits per heavy atom. The molecule has 1 aromatic rings. The van der Waals surface area contributed by atoms with Gasteiger partial charge in [0, 0.05) is 15.6 Å². The topological polar surface area (TPSA) is 46.2 Å². The molecule has 0 unspecified atom stereocenters. The van der Waals surface area contributed by atoms with Crippen LogP contribution in [0.15, 0.2) is 18.2 Å². The summed E-state index contributed by atoms with van der Waals surface area (Å²) in [6.07, 6.45) is 0. The van der Waals surface area contributed by atoms with Crippen molar-refractivity contribution in [2.45, 2.75) is 32.1 Å². The van der Waals surface area contributed by atoms with Crippen LogP contribution in [-0.2, 0) is 15.8 Å². The molecule has 6 heteroatoms. The van der Waals surface area contributed by atoms with Crippen LogP contribution in [0.5, 0.6) is 0 Å². The third-order valence-corrected chi connectivity index (χ3v) is 4.02. The second kappa shape index (κ2) is 5.14.